The molecule has 5 rings (SSSR count). The largest absolute Gasteiger partial charge is 0.390 e. The number of hydrogen-bond acceptors (Lipinski definition) is 6. The molecule has 2 aliphatic heterocycles. The Labute approximate surface area is 216 Å². The molecule has 1 aromatic carbocycles. The number of aryl methyl sites for hydroxylation is 1. The highest BCUT2D eigenvalue weighted by molar-refractivity contribution is 5.94. The highest BCUT2D eigenvalue weighted by Gasteiger charge is 2.36. The molecule has 37 heavy (non-hydrogen) atoms. The lowest BCUT2D eigenvalue weighted by molar-refractivity contribution is -0.132. The molecule has 3 heterocycles. The average molecular weight is 514 g/mol. The number of halogens is 1. The maximum atomic E-state index is 14.1. The Morgan fingerprint density at radius 1 is 1.05 bits per heavy atom. The number of aromatic nitrogens is 2. The number of nitrogens with zero attached hydrogens (tertiary/aromatic N) is 5. The number of anilines is 1. The topological polar surface area (TPSA) is 102 Å². The van der Waals surface area contributed by atoms with Gasteiger partial charge in [-0.25, -0.2) is 4.39 Å². The van der Waals surface area contributed by atoms with Gasteiger partial charge < -0.3 is 24.9 Å². The molecule has 0 bridgehead atoms. The highest BCUT2D eigenvalue weighted by atomic mass is 19.1. The van der Waals surface area contributed by atoms with Crippen molar-refractivity contribution in [1.82, 2.24) is 19.6 Å². The maximum absolute atomic E-state index is 14.1. The van der Waals surface area contributed by atoms with Crippen LogP contribution in [0.25, 0.3) is 0 Å². The molecule has 3 aliphatic rings. The summed E-state index contributed by atoms with van der Waals surface area (Å²) in [7, 11) is 0. The lowest BCUT2D eigenvalue weighted by Gasteiger charge is -2.37. The smallest absolute Gasteiger partial charge is 0.274 e. The van der Waals surface area contributed by atoms with Gasteiger partial charge >= 0.3 is 0 Å². The first kappa shape index (κ1) is 25.7. The number of alkyl halides is 1. The molecule has 2 fully saturated rings. The summed E-state index contributed by atoms with van der Waals surface area (Å²) in [6.07, 6.45) is -1.37. The molecule has 2 saturated heterocycles. The molecule has 200 valence electrons. The summed E-state index contributed by atoms with van der Waals surface area (Å²) in [5.41, 5.74) is 5.04. The molecule has 1 aromatic heterocycles. The van der Waals surface area contributed by atoms with E-state index in [0.29, 0.717) is 43.6 Å². The van der Waals surface area contributed by atoms with Gasteiger partial charge in [-0.1, -0.05) is 12.1 Å². The van der Waals surface area contributed by atoms with E-state index in [1.165, 1.54) is 26.4 Å². The summed E-state index contributed by atoms with van der Waals surface area (Å²) in [6, 6.07) is 6.27. The van der Waals surface area contributed by atoms with E-state index in [1.54, 1.807) is 0 Å². The van der Waals surface area contributed by atoms with Crippen molar-refractivity contribution in [3.8, 4) is 0 Å². The van der Waals surface area contributed by atoms with Crippen LogP contribution in [0.5, 0.6) is 0 Å². The van der Waals surface area contributed by atoms with E-state index in [4.69, 9.17) is 0 Å². The van der Waals surface area contributed by atoms with Gasteiger partial charge in [-0.15, -0.1) is 0 Å². The van der Waals surface area contributed by atoms with Gasteiger partial charge in [-0.2, -0.15) is 5.10 Å². The number of aliphatic hydroxyl groups is 2. The second-order valence-corrected chi connectivity index (χ2v) is 10.5. The molecule has 0 saturated carbocycles. The fourth-order valence-electron chi connectivity index (χ4n) is 5.76. The standard InChI is InChI=1S/C27H36FN5O4/c1-17-5-3-7-21(18(17)2)30-11-13-31(14-12-30)24(36)16-33-26-19(6-4-8-23(26)35)25(29-33)27(37)32-10-9-22(34)20(28)15-32/h3,5,7,20,22-23,34-35H,4,6,8-16H2,1-2H3/t20-,22+,23-/m1/s1. The Kier molecular flexibility index (Phi) is 7.22. The number of carbonyl (C=O) groups is 2. The molecule has 2 aromatic rings. The van der Waals surface area contributed by atoms with E-state index in [1.807, 2.05) is 4.90 Å². The molecule has 10 heteroatoms. The Bertz CT molecular complexity index is 1180. The number of piperidine rings is 1. The van der Waals surface area contributed by atoms with Crippen molar-refractivity contribution in [2.45, 2.75) is 64.5 Å². The van der Waals surface area contributed by atoms with Crippen molar-refractivity contribution < 1.29 is 24.2 Å². The van der Waals surface area contributed by atoms with Crippen molar-refractivity contribution >= 4 is 17.5 Å². The fourth-order valence-corrected chi connectivity index (χ4v) is 5.76. The van der Waals surface area contributed by atoms with Gasteiger partial charge in [-0.3, -0.25) is 14.3 Å². The van der Waals surface area contributed by atoms with Crippen molar-refractivity contribution in [2.24, 2.45) is 0 Å². The second-order valence-electron chi connectivity index (χ2n) is 10.5. The van der Waals surface area contributed by atoms with Gasteiger partial charge in [0.25, 0.3) is 5.91 Å². The molecule has 1 aliphatic carbocycles. The number of aliphatic hydroxyl groups excluding tert-OH is 2. The van der Waals surface area contributed by atoms with Crippen LogP contribution in [0.1, 0.15) is 58.2 Å². The van der Waals surface area contributed by atoms with Crippen LogP contribution in [0, 0.1) is 13.8 Å². The molecule has 0 spiro atoms. The molecule has 0 radical (unpaired) electrons. The Morgan fingerprint density at radius 3 is 2.54 bits per heavy atom. The molecule has 2 N–H and O–H groups in total. The predicted molar refractivity (Wildman–Crippen MR) is 136 cm³/mol. The van der Waals surface area contributed by atoms with Gasteiger partial charge in [0.15, 0.2) is 5.69 Å². The van der Waals surface area contributed by atoms with Crippen LogP contribution in [-0.2, 0) is 17.8 Å². The van der Waals surface area contributed by atoms with Crippen LogP contribution in [-0.4, -0.2) is 93.2 Å². The van der Waals surface area contributed by atoms with Gasteiger partial charge in [0.1, 0.15) is 12.7 Å². The first-order valence-electron chi connectivity index (χ1n) is 13.2. The van der Waals surface area contributed by atoms with E-state index in [0.717, 1.165) is 13.1 Å². The Hall–Kier alpha value is -2.98. The number of hydrogen-bond donors (Lipinski definition) is 2. The normalized spacial score (nSPS) is 24.2. The third kappa shape index (κ3) is 4.96. The number of likely N-dealkylation sites (tertiary alicyclic amines) is 1. The summed E-state index contributed by atoms with van der Waals surface area (Å²) in [6.45, 7) is 6.84. The van der Waals surface area contributed by atoms with E-state index in [9.17, 15) is 24.2 Å². The molecular formula is C27H36FN5O4. The minimum absolute atomic E-state index is 0.0550. The zero-order valence-electron chi connectivity index (χ0n) is 21.6. The quantitative estimate of drug-likeness (QED) is 0.646. The van der Waals surface area contributed by atoms with Crippen LogP contribution < -0.4 is 4.90 Å². The predicted octanol–water partition coefficient (Wildman–Crippen LogP) is 1.76. The zero-order valence-corrected chi connectivity index (χ0v) is 21.6. The van der Waals surface area contributed by atoms with Crippen LogP contribution in [0.3, 0.4) is 0 Å². The van der Waals surface area contributed by atoms with Crippen molar-refractivity contribution in [2.75, 3.05) is 44.2 Å². The van der Waals surface area contributed by atoms with Gasteiger partial charge in [0, 0.05) is 44.0 Å². The molecule has 3 atom stereocenters. The first-order valence-corrected chi connectivity index (χ1v) is 13.2. The van der Waals surface area contributed by atoms with E-state index < -0.39 is 24.3 Å². The maximum Gasteiger partial charge on any atom is 0.274 e. The third-order valence-electron chi connectivity index (χ3n) is 8.14. The number of piperazine rings is 1. The van der Waals surface area contributed by atoms with Gasteiger partial charge in [0.2, 0.25) is 5.91 Å². The summed E-state index contributed by atoms with van der Waals surface area (Å²) in [5, 5.41) is 24.9. The summed E-state index contributed by atoms with van der Waals surface area (Å²) in [5.74, 6) is -0.513. The summed E-state index contributed by atoms with van der Waals surface area (Å²) >= 11 is 0. The third-order valence-corrected chi connectivity index (χ3v) is 8.14. The number of rotatable bonds is 4. The van der Waals surface area contributed by atoms with Crippen LogP contribution in [0.4, 0.5) is 10.1 Å². The number of amides is 2. The molecule has 0 unspecified atom stereocenters. The van der Waals surface area contributed by atoms with E-state index in [2.05, 4.69) is 42.0 Å². The van der Waals surface area contributed by atoms with Crippen molar-refractivity contribution in [1.29, 1.82) is 0 Å². The van der Waals surface area contributed by atoms with Crippen LogP contribution in [0.2, 0.25) is 0 Å². The Balaban J connectivity index is 1.30. The van der Waals surface area contributed by atoms with Gasteiger partial charge in [0.05, 0.1) is 24.4 Å². The molecule has 9 nitrogen and oxygen atoms in total. The summed E-state index contributed by atoms with van der Waals surface area (Å²) in [4.78, 5) is 32.0. The van der Waals surface area contributed by atoms with Crippen molar-refractivity contribution in [3.05, 3.63) is 46.3 Å². The summed E-state index contributed by atoms with van der Waals surface area (Å²) < 4.78 is 15.6. The molecular weight excluding hydrogens is 477 g/mol. The number of carbonyl (C=O) groups excluding carboxylic acids is 2. The van der Waals surface area contributed by atoms with E-state index in [-0.39, 0.29) is 37.7 Å². The highest BCUT2D eigenvalue weighted by Crippen LogP contribution is 2.33. The van der Waals surface area contributed by atoms with Crippen LogP contribution >= 0.6 is 0 Å². The Morgan fingerprint density at radius 2 is 1.81 bits per heavy atom. The fraction of sp³-hybridized carbons (Fsp3) is 0.593. The van der Waals surface area contributed by atoms with Crippen LogP contribution in [0.15, 0.2) is 18.2 Å². The first-order chi connectivity index (χ1) is 17.7. The molecule has 2 amide bonds. The monoisotopic (exact) mass is 513 g/mol. The van der Waals surface area contributed by atoms with Crippen molar-refractivity contribution in [3.63, 3.8) is 0 Å². The number of benzene rings is 1. The van der Waals surface area contributed by atoms with Gasteiger partial charge in [-0.05, 0) is 56.7 Å². The number of fused-ring (bicyclic) bond motifs is 1. The zero-order chi connectivity index (χ0) is 26.3. The second kappa shape index (κ2) is 10.4. The van der Waals surface area contributed by atoms with E-state index >= 15 is 0 Å². The lowest BCUT2D eigenvalue weighted by atomic mass is 9.93. The minimum atomic E-state index is -1.50. The SMILES string of the molecule is Cc1cccc(N2CCN(C(=O)Cn3nc(C(=O)N4CC[C@H](O)[C@H](F)C4)c4c3[C@H](O)CCC4)CC2)c1C. The lowest BCUT2D eigenvalue weighted by Crippen LogP contribution is -2.50. The average Bonchev–Trinajstić information content (AvgIpc) is 3.26. The minimum Gasteiger partial charge on any atom is -0.390 e.